The van der Waals surface area contributed by atoms with Gasteiger partial charge in [0.05, 0.1) is 14.2 Å². The van der Waals surface area contributed by atoms with Crippen molar-refractivity contribution < 1.29 is 14.3 Å². The number of ether oxygens (including phenoxy) is 2. The first-order chi connectivity index (χ1) is 7.19. The molecular weight excluding hydrogens is 222 g/mol. The van der Waals surface area contributed by atoms with Gasteiger partial charge in [0.15, 0.2) is 0 Å². The number of nitrogens with one attached hydrogen (secondary N) is 1. The Bertz CT molecular complexity index is 337. The summed E-state index contributed by atoms with van der Waals surface area (Å²) in [6, 6.07) is 1.58. The number of amides is 1. The van der Waals surface area contributed by atoms with Crippen molar-refractivity contribution in [3.63, 3.8) is 0 Å². The molecule has 0 aliphatic rings. The Hall–Kier alpha value is -1.56. The van der Waals surface area contributed by atoms with E-state index in [-0.39, 0.29) is 23.6 Å². The molecule has 1 aromatic heterocycles. The Labute approximate surface area is 91.6 Å². The molecular formula is C8H10ClN3O3. The average Bonchev–Trinajstić information content (AvgIpc) is 2.28. The first kappa shape index (κ1) is 11.5. The normalized spacial score (nSPS) is 9.53. The monoisotopic (exact) mass is 231 g/mol. The molecule has 1 aromatic rings. The van der Waals surface area contributed by atoms with Crippen molar-refractivity contribution >= 4 is 23.3 Å². The molecule has 0 aromatic carbocycles. The predicted octanol–water partition coefficient (Wildman–Crippen LogP) is 0.671. The van der Waals surface area contributed by atoms with Gasteiger partial charge in [0.2, 0.25) is 11.8 Å². The Morgan fingerprint density at radius 1 is 1.47 bits per heavy atom. The summed E-state index contributed by atoms with van der Waals surface area (Å²) in [4.78, 5) is 18.7. The van der Waals surface area contributed by atoms with E-state index in [4.69, 9.17) is 21.1 Å². The number of anilines is 1. The lowest BCUT2D eigenvalue weighted by Gasteiger charge is -2.06. The number of nitrogens with zero attached hydrogens (tertiary/aromatic N) is 2. The van der Waals surface area contributed by atoms with Crippen molar-refractivity contribution in [3.8, 4) is 11.9 Å². The van der Waals surface area contributed by atoms with Crippen molar-refractivity contribution in [2.75, 3.05) is 25.4 Å². The fourth-order valence-electron chi connectivity index (χ4n) is 0.840. The first-order valence-corrected chi connectivity index (χ1v) is 4.56. The largest absolute Gasteiger partial charge is 0.481 e. The number of methoxy groups -OCH3 is 2. The molecule has 0 fully saturated rings. The van der Waals surface area contributed by atoms with Crippen LogP contribution in [0.25, 0.3) is 0 Å². The lowest BCUT2D eigenvalue weighted by atomic mass is 10.5. The van der Waals surface area contributed by atoms with Gasteiger partial charge in [0, 0.05) is 6.07 Å². The van der Waals surface area contributed by atoms with Crippen molar-refractivity contribution in [1.29, 1.82) is 0 Å². The van der Waals surface area contributed by atoms with E-state index in [0.29, 0.717) is 5.88 Å². The van der Waals surface area contributed by atoms with E-state index in [9.17, 15) is 4.79 Å². The Kier molecular flexibility index (Phi) is 4.11. The summed E-state index contributed by atoms with van der Waals surface area (Å²) in [5.41, 5.74) is 0. The van der Waals surface area contributed by atoms with Crippen LogP contribution >= 0.6 is 11.6 Å². The summed E-state index contributed by atoms with van der Waals surface area (Å²) in [6.07, 6.45) is 0. The molecule has 1 N–H and O–H groups in total. The molecule has 0 spiro atoms. The predicted molar refractivity (Wildman–Crippen MR) is 54.5 cm³/mol. The molecule has 0 aliphatic carbocycles. The van der Waals surface area contributed by atoms with Crippen molar-refractivity contribution in [3.05, 3.63) is 6.07 Å². The molecule has 6 nitrogen and oxygen atoms in total. The summed E-state index contributed by atoms with van der Waals surface area (Å²) in [5.74, 6) is 0.0739. The number of hydrogen-bond donors (Lipinski definition) is 1. The van der Waals surface area contributed by atoms with Gasteiger partial charge in [-0.3, -0.25) is 4.79 Å². The van der Waals surface area contributed by atoms with Crippen LogP contribution in [0.15, 0.2) is 6.07 Å². The van der Waals surface area contributed by atoms with E-state index in [1.165, 1.54) is 20.3 Å². The topological polar surface area (TPSA) is 73.3 Å². The van der Waals surface area contributed by atoms with Gasteiger partial charge >= 0.3 is 6.01 Å². The van der Waals surface area contributed by atoms with Crippen LogP contribution in [-0.2, 0) is 4.79 Å². The minimum absolute atomic E-state index is 0.110. The third-order valence-electron chi connectivity index (χ3n) is 1.46. The summed E-state index contributed by atoms with van der Waals surface area (Å²) < 4.78 is 9.72. The molecule has 1 rings (SSSR count). The van der Waals surface area contributed by atoms with Crippen molar-refractivity contribution in [2.24, 2.45) is 0 Å². The molecule has 7 heteroatoms. The van der Waals surface area contributed by atoms with Crippen LogP contribution in [0.2, 0.25) is 0 Å². The zero-order chi connectivity index (χ0) is 11.3. The van der Waals surface area contributed by atoms with E-state index in [2.05, 4.69) is 15.3 Å². The van der Waals surface area contributed by atoms with Crippen LogP contribution in [0, 0.1) is 0 Å². The van der Waals surface area contributed by atoms with Gasteiger partial charge in [-0.1, -0.05) is 0 Å². The fourth-order valence-corrected chi connectivity index (χ4v) is 0.907. The molecule has 0 saturated heterocycles. The van der Waals surface area contributed by atoms with Gasteiger partial charge in [-0.05, 0) is 0 Å². The highest BCUT2D eigenvalue weighted by Crippen LogP contribution is 2.16. The zero-order valence-electron chi connectivity index (χ0n) is 8.28. The highest BCUT2D eigenvalue weighted by atomic mass is 35.5. The number of hydrogen-bond acceptors (Lipinski definition) is 5. The molecule has 82 valence electrons. The summed E-state index contributed by atoms with van der Waals surface area (Å²) in [5, 5.41) is 2.46. The average molecular weight is 232 g/mol. The lowest BCUT2D eigenvalue weighted by Crippen LogP contribution is -2.14. The van der Waals surface area contributed by atoms with Crippen LogP contribution in [-0.4, -0.2) is 36.0 Å². The van der Waals surface area contributed by atoms with Gasteiger partial charge in [-0.15, -0.1) is 11.6 Å². The summed E-state index contributed by atoms with van der Waals surface area (Å²) in [7, 11) is 2.87. The highest BCUT2D eigenvalue weighted by molar-refractivity contribution is 6.29. The number of aromatic nitrogens is 2. The molecule has 0 unspecified atom stereocenters. The molecule has 15 heavy (non-hydrogen) atoms. The molecule has 1 amide bonds. The van der Waals surface area contributed by atoms with Crippen LogP contribution in [0.3, 0.4) is 0 Å². The van der Waals surface area contributed by atoms with E-state index in [0.717, 1.165) is 0 Å². The van der Waals surface area contributed by atoms with E-state index >= 15 is 0 Å². The Morgan fingerprint density at radius 3 is 2.73 bits per heavy atom. The molecule has 0 atom stereocenters. The SMILES string of the molecule is COc1cc(NC(=O)CCl)nc(OC)n1. The van der Waals surface area contributed by atoms with Gasteiger partial charge < -0.3 is 14.8 Å². The van der Waals surface area contributed by atoms with Crippen LogP contribution in [0.5, 0.6) is 11.9 Å². The van der Waals surface area contributed by atoms with Gasteiger partial charge in [0.25, 0.3) is 0 Å². The van der Waals surface area contributed by atoms with Crippen molar-refractivity contribution in [1.82, 2.24) is 9.97 Å². The molecule has 0 bridgehead atoms. The van der Waals surface area contributed by atoms with Crippen LogP contribution in [0.4, 0.5) is 5.82 Å². The number of rotatable bonds is 4. The smallest absolute Gasteiger partial charge is 0.321 e. The summed E-state index contributed by atoms with van der Waals surface area (Å²) >= 11 is 5.33. The first-order valence-electron chi connectivity index (χ1n) is 4.02. The fraction of sp³-hybridized carbons (Fsp3) is 0.375. The van der Waals surface area contributed by atoms with Gasteiger partial charge in [-0.2, -0.15) is 9.97 Å². The van der Waals surface area contributed by atoms with Crippen molar-refractivity contribution in [2.45, 2.75) is 0 Å². The number of alkyl halides is 1. The maximum absolute atomic E-state index is 11.0. The number of carbonyl (C=O) groups excluding carboxylic acids is 1. The second-order valence-corrected chi connectivity index (χ2v) is 2.73. The Balaban J connectivity index is 2.91. The third-order valence-corrected chi connectivity index (χ3v) is 1.71. The van der Waals surface area contributed by atoms with Gasteiger partial charge in [-0.25, -0.2) is 0 Å². The van der Waals surface area contributed by atoms with E-state index in [1.54, 1.807) is 0 Å². The minimum Gasteiger partial charge on any atom is -0.481 e. The van der Waals surface area contributed by atoms with E-state index in [1.807, 2.05) is 0 Å². The molecule has 0 aliphatic heterocycles. The van der Waals surface area contributed by atoms with Gasteiger partial charge in [0.1, 0.15) is 11.7 Å². The molecule has 1 heterocycles. The maximum Gasteiger partial charge on any atom is 0.321 e. The number of carbonyl (C=O) groups is 1. The number of halogens is 1. The van der Waals surface area contributed by atoms with Crippen LogP contribution < -0.4 is 14.8 Å². The lowest BCUT2D eigenvalue weighted by molar-refractivity contribution is -0.113. The molecule has 0 saturated carbocycles. The summed E-state index contributed by atoms with van der Waals surface area (Å²) in [6.45, 7) is 0. The quantitative estimate of drug-likeness (QED) is 0.771. The second-order valence-electron chi connectivity index (χ2n) is 2.46. The van der Waals surface area contributed by atoms with Crippen LogP contribution in [0.1, 0.15) is 0 Å². The highest BCUT2D eigenvalue weighted by Gasteiger charge is 2.07. The second kappa shape index (κ2) is 5.35. The maximum atomic E-state index is 11.0. The Morgan fingerprint density at radius 2 is 2.20 bits per heavy atom. The standard InChI is InChI=1S/C8H10ClN3O3/c1-14-7-3-5(10-6(13)4-9)11-8(12-7)15-2/h3H,4H2,1-2H3,(H,10,11,12,13). The van der Waals surface area contributed by atoms with E-state index < -0.39 is 0 Å². The minimum atomic E-state index is -0.362. The molecule has 0 radical (unpaired) electrons. The third kappa shape index (κ3) is 3.25. The zero-order valence-corrected chi connectivity index (χ0v) is 9.04.